The number of hydrogen-bond acceptors (Lipinski definition) is 3. The van der Waals surface area contributed by atoms with E-state index in [0.29, 0.717) is 36.9 Å². The van der Waals surface area contributed by atoms with Crippen LogP contribution in [0.2, 0.25) is 0 Å². The third kappa shape index (κ3) is 5.06. The lowest BCUT2D eigenvalue weighted by Crippen LogP contribution is -2.38. The van der Waals surface area contributed by atoms with Crippen LogP contribution in [0.5, 0.6) is 5.75 Å². The van der Waals surface area contributed by atoms with Gasteiger partial charge in [-0.25, -0.2) is 4.79 Å². The molecule has 1 aliphatic heterocycles. The maximum atomic E-state index is 11.0. The first-order chi connectivity index (χ1) is 10.6. The van der Waals surface area contributed by atoms with Gasteiger partial charge in [0.15, 0.2) is 6.29 Å². The molecule has 1 aliphatic rings. The SMILES string of the molecule is CC.Cc1ccc(OCC2CCN(C(=O)O)CC2)c(C=O)c1. The summed E-state index contributed by atoms with van der Waals surface area (Å²) in [4.78, 5) is 23.2. The summed E-state index contributed by atoms with van der Waals surface area (Å²) in [5.74, 6) is 0.942. The third-order valence-electron chi connectivity index (χ3n) is 3.65. The normalized spacial score (nSPS) is 14.8. The molecule has 5 nitrogen and oxygen atoms in total. The molecule has 0 unspecified atom stereocenters. The number of carbonyl (C=O) groups excluding carboxylic acids is 1. The first-order valence-electron chi connectivity index (χ1n) is 7.76. The minimum absolute atomic E-state index is 0.339. The van der Waals surface area contributed by atoms with Crippen molar-refractivity contribution < 1.29 is 19.4 Å². The molecular formula is C17H25NO4. The number of rotatable bonds is 4. The van der Waals surface area contributed by atoms with Crippen molar-refractivity contribution in [1.29, 1.82) is 0 Å². The zero-order valence-corrected chi connectivity index (χ0v) is 13.5. The number of ether oxygens (including phenoxy) is 1. The van der Waals surface area contributed by atoms with Crippen LogP contribution in [0.4, 0.5) is 4.79 Å². The van der Waals surface area contributed by atoms with E-state index < -0.39 is 6.09 Å². The predicted octanol–water partition coefficient (Wildman–Crippen LogP) is 3.60. The van der Waals surface area contributed by atoms with Gasteiger partial charge in [-0.15, -0.1) is 0 Å². The molecule has 1 aromatic rings. The second-order valence-electron chi connectivity index (χ2n) is 5.18. The average Bonchev–Trinajstić information content (AvgIpc) is 2.55. The number of likely N-dealkylation sites (tertiary alicyclic amines) is 1. The Kier molecular flexibility index (Phi) is 7.43. The summed E-state index contributed by atoms with van der Waals surface area (Å²) in [6.45, 7) is 7.56. The molecule has 0 aliphatic carbocycles. The largest absolute Gasteiger partial charge is 0.493 e. The zero-order valence-electron chi connectivity index (χ0n) is 13.5. The van der Waals surface area contributed by atoms with Crippen LogP contribution in [0.1, 0.15) is 42.6 Å². The van der Waals surface area contributed by atoms with Gasteiger partial charge in [0, 0.05) is 13.1 Å². The van der Waals surface area contributed by atoms with Gasteiger partial charge < -0.3 is 14.7 Å². The van der Waals surface area contributed by atoms with Gasteiger partial charge in [0.1, 0.15) is 5.75 Å². The van der Waals surface area contributed by atoms with Crippen molar-refractivity contribution in [3.05, 3.63) is 29.3 Å². The molecule has 5 heteroatoms. The maximum absolute atomic E-state index is 11.0. The minimum Gasteiger partial charge on any atom is -0.493 e. The number of hydrogen-bond donors (Lipinski definition) is 1. The quantitative estimate of drug-likeness (QED) is 0.863. The highest BCUT2D eigenvalue weighted by Crippen LogP contribution is 2.22. The van der Waals surface area contributed by atoms with E-state index in [1.165, 1.54) is 4.90 Å². The van der Waals surface area contributed by atoms with Gasteiger partial charge in [0.2, 0.25) is 0 Å². The number of aldehydes is 1. The topological polar surface area (TPSA) is 66.8 Å². The highest BCUT2D eigenvalue weighted by atomic mass is 16.5. The summed E-state index contributed by atoms with van der Waals surface area (Å²) in [5, 5.41) is 8.88. The van der Waals surface area contributed by atoms with Crippen molar-refractivity contribution >= 4 is 12.4 Å². The summed E-state index contributed by atoms with van der Waals surface area (Å²) >= 11 is 0. The number of amides is 1. The summed E-state index contributed by atoms with van der Waals surface area (Å²) < 4.78 is 5.72. The molecule has 0 radical (unpaired) electrons. The first-order valence-corrected chi connectivity index (χ1v) is 7.76. The Morgan fingerprint density at radius 1 is 1.36 bits per heavy atom. The highest BCUT2D eigenvalue weighted by molar-refractivity contribution is 5.79. The van der Waals surface area contributed by atoms with Crippen LogP contribution < -0.4 is 4.74 Å². The fourth-order valence-electron chi connectivity index (χ4n) is 2.39. The molecular weight excluding hydrogens is 282 g/mol. The minimum atomic E-state index is -0.855. The van der Waals surface area contributed by atoms with Crippen LogP contribution in [-0.4, -0.2) is 42.1 Å². The highest BCUT2D eigenvalue weighted by Gasteiger charge is 2.22. The number of nitrogens with zero attached hydrogens (tertiary/aromatic N) is 1. The van der Waals surface area contributed by atoms with Crippen molar-refractivity contribution in [1.82, 2.24) is 4.90 Å². The molecule has 0 bridgehead atoms. The van der Waals surface area contributed by atoms with E-state index in [2.05, 4.69) is 0 Å². The fraction of sp³-hybridized carbons (Fsp3) is 0.529. The molecule has 1 N–H and O–H groups in total. The van der Waals surface area contributed by atoms with Gasteiger partial charge >= 0.3 is 6.09 Å². The molecule has 0 aromatic heterocycles. The van der Waals surface area contributed by atoms with Crippen molar-refractivity contribution in [2.24, 2.45) is 5.92 Å². The summed E-state index contributed by atoms with van der Waals surface area (Å²) in [7, 11) is 0. The number of piperidine rings is 1. The summed E-state index contributed by atoms with van der Waals surface area (Å²) in [6.07, 6.45) is 1.55. The Morgan fingerprint density at radius 2 is 2.00 bits per heavy atom. The van der Waals surface area contributed by atoms with E-state index in [4.69, 9.17) is 9.84 Å². The van der Waals surface area contributed by atoms with Crippen LogP contribution in [0, 0.1) is 12.8 Å². The van der Waals surface area contributed by atoms with Crippen molar-refractivity contribution in [2.45, 2.75) is 33.6 Å². The van der Waals surface area contributed by atoms with Gasteiger partial charge in [0.25, 0.3) is 0 Å². The van der Waals surface area contributed by atoms with Crippen molar-refractivity contribution in [3.8, 4) is 5.75 Å². The lowest BCUT2D eigenvalue weighted by molar-refractivity contribution is 0.108. The van der Waals surface area contributed by atoms with E-state index >= 15 is 0 Å². The lowest BCUT2D eigenvalue weighted by Gasteiger charge is -2.29. The molecule has 22 heavy (non-hydrogen) atoms. The van der Waals surface area contributed by atoms with E-state index in [1.807, 2.05) is 32.9 Å². The summed E-state index contributed by atoms with van der Waals surface area (Å²) in [6, 6.07) is 5.52. The Hall–Kier alpha value is -2.04. The molecule has 0 atom stereocenters. The van der Waals surface area contributed by atoms with E-state index in [0.717, 1.165) is 24.7 Å². The average molecular weight is 307 g/mol. The predicted molar refractivity (Wildman–Crippen MR) is 85.7 cm³/mol. The molecule has 122 valence electrons. The van der Waals surface area contributed by atoms with Crippen molar-refractivity contribution in [2.75, 3.05) is 19.7 Å². The molecule has 0 spiro atoms. The van der Waals surface area contributed by atoms with Crippen molar-refractivity contribution in [3.63, 3.8) is 0 Å². The maximum Gasteiger partial charge on any atom is 0.407 e. The van der Waals surface area contributed by atoms with E-state index in [9.17, 15) is 9.59 Å². The molecule has 1 saturated heterocycles. The monoisotopic (exact) mass is 307 g/mol. The Labute approximate surface area is 131 Å². The molecule has 1 heterocycles. The van der Waals surface area contributed by atoms with Gasteiger partial charge in [-0.3, -0.25) is 4.79 Å². The third-order valence-corrected chi connectivity index (χ3v) is 3.65. The van der Waals surface area contributed by atoms with Gasteiger partial charge in [-0.2, -0.15) is 0 Å². The molecule has 2 rings (SSSR count). The molecule has 1 amide bonds. The smallest absolute Gasteiger partial charge is 0.407 e. The van der Waals surface area contributed by atoms with Gasteiger partial charge in [-0.05, 0) is 37.8 Å². The first kappa shape index (κ1) is 18.0. The van der Waals surface area contributed by atoms with Crippen LogP contribution in [0.25, 0.3) is 0 Å². The number of benzene rings is 1. The fourth-order valence-corrected chi connectivity index (χ4v) is 2.39. The molecule has 1 aromatic carbocycles. The van der Waals surface area contributed by atoms with E-state index in [1.54, 1.807) is 6.07 Å². The Bertz CT molecular complexity index is 493. The number of aryl methyl sites for hydroxylation is 1. The molecule has 0 saturated carbocycles. The Balaban J connectivity index is 0.00000116. The second kappa shape index (κ2) is 9.07. The van der Waals surface area contributed by atoms with Crippen LogP contribution in [0.3, 0.4) is 0 Å². The lowest BCUT2D eigenvalue weighted by atomic mass is 9.98. The Morgan fingerprint density at radius 3 is 2.55 bits per heavy atom. The second-order valence-corrected chi connectivity index (χ2v) is 5.18. The van der Waals surface area contributed by atoms with Crippen LogP contribution in [-0.2, 0) is 0 Å². The molecule has 1 fully saturated rings. The zero-order chi connectivity index (χ0) is 16.5. The van der Waals surface area contributed by atoms with E-state index in [-0.39, 0.29) is 0 Å². The number of carbonyl (C=O) groups is 2. The van der Waals surface area contributed by atoms with Crippen LogP contribution in [0.15, 0.2) is 18.2 Å². The van der Waals surface area contributed by atoms with Gasteiger partial charge in [0.05, 0.1) is 12.2 Å². The van der Waals surface area contributed by atoms with Gasteiger partial charge in [-0.1, -0.05) is 25.5 Å². The number of carboxylic acid groups (broad SMARTS) is 1. The summed E-state index contributed by atoms with van der Waals surface area (Å²) in [5.41, 5.74) is 1.59. The standard InChI is InChI=1S/C15H19NO4.C2H6/c1-11-2-3-14(13(8-11)9-17)20-10-12-4-6-16(7-5-12)15(18)19;1-2/h2-3,8-9,12H,4-7,10H2,1H3,(H,18,19);1-2H3. The van der Waals surface area contributed by atoms with Crippen LogP contribution >= 0.6 is 0 Å².